The normalized spacial score (nSPS) is 20.4. The van der Waals surface area contributed by atoms with Crippen molar-refractivity contribution >= 4 is 38.4 Å². The number of carbonyl (C=O) groups is 1. The number of benzene rings is 1. The molecule has 2 aromatic rings. The molecule has 3 rings (SSSR count). The van der Waals surface area contributed by atoms with E-state index in [-0.39, 0.29) is 10.7 Å². The number of pyridine rings is 1. The molecule has 1 fully saturated rings. The van der Waals surface area contributed by atoms with Gasteiger partial charge in [0.15, 0.2) is 0 Å². The van der Waals surface area contributed by atoms with E-state index >= 15 is 0 Å². The number of fused-ring (bicyclic) bond motifs is 1. The molecule has 0 saturated carbocycles. The fraction of sp³-hybridized carbons (Fsp3) is 0.286. The van der Waals surface area contributed by atoms with E-state index in [0.717, 1.165) is 36.0 Å². The summed E-state index contributed by atoms with van der Waals surface area (Å²) >= 11 is 3.44. The third kappa shape index (κ3) is 2.01. The Bertz CT molecular complexity index is 599. The Kier molecular flexibility index (Phi) is 3.04. The summed E-state index contributed by atoms with van der Waals surface area (Å²) in [7, 11) is 0. The second-order valence-corrected chi connectivity index (χ2v) is 5.59. The first-order valence-electron chi connectivity index (χ1n) is 6.06. The number of piperidine rings is 1. The first kappa shape index (κ1) is 11.7. The molecule has 1 aromatic heterocycles. The average molecular weight is 305 g/mol. The number of halogens is 1. The Labute approximate surface area is 114 Å². The first-order chi connectivity index (χ1) is 8.75. The molecule has 1 aromatic carbocycles. The lowest BCUT2D eigenvalue weighted by atomic mass is 10.1. The summed E-state index contributed by atoms with van der Waals surface area (Å²) in [6.45, 7) is 0.798. The van der Waals surface area contributed by atoms with Crippen LogP contribution >= 0.6 is 15.9 Å². The number of carbonyl (C=O) groups excluding carboxylic acids is 1. The Morgan fingerprint density at radius 2 is 2.22 bits per heavy atom. The van der Waals surface area contributed by atoms with Gasteiger partial charge in [-0.1, -0.05) is 22.0 Å². The highest BCUT2D eigenvalue weighted by Gasteiger charge is 2.27. The zero-order valence-corrected chi connectivity index (χ0v) is 11.4. The summed E-state index contributed by atoms with van der Waals surface area (Å²) in [5, 5.41) is 1.07. The summed E-state index contributed by atoms with van der Waals surface area (Å²) in [5.41, 5.74) is 1.92. The van der Waals surface area contributed by atoms with Crippen LogP contribution in [0.5, 0.6) is 0 Å². The quantitative estimate of drug-likeness (QED) is 0.758. The maximum atomic E-state index is 12.1. The number of amides is 1. The molecule has 3 nitrogen and oxygen atoms in total. The van der Waals surface area contributed by atoms with Crippen molar-refractivity contribution in [3.05, 3.63) is 36.5 Å². The fourth-order valence-corrected chi connectivity index (χ4v) is 2.89. The predicted octanol–water partition coefficient (Wildman–Crippen LogP) is 3.13. The Morgan fingerprint density at radius 1 is 1.33 bits per heavy atom. The summed E-state index contributed by atoms with van der Waals surface area (Å²) in [6.07, 6.45) is 3.74. The third-order valence-electron chi connectivity index (χ3n) is 3.27. The van der Waals surface area contributed by atoms with Gasteiger partial charge in [-0.3, -0.25) is 9.78 Å². The zero-order valence-electron chi connectivity index (χ0n) is 9.84. The molecule has 18 heavy (non-hydrogen) atoms. The molecular formula is C14H13BrN2O. The van der Waals surface area contributed by atoms with Crippen LogP contribution in [0.3, 0.4) is 0 Å². The van der Waals surface area contributed by atoms with Crippen molar-refractivity contribution in [2.45, 2.75) is 17.7 Å². The molecule has 92 valence electrons. The second-order valence-electron chi connectivity index (χ2n) is 4.48. The van der Waals surface area contributed by atoms with Crippen molar-refractivity contribution in [2.75, 3.05) is 11.4 Å². The van der Waals surface area contributed by atoms with E-state index in [1.807, 2.05) is 35.2 Å². The highest BCUT2D eigenvalue weighted by molar-refractivity contribution is 9.10. The van der Waals surface area contributed by atoms with Gasteiger partial charge in [-0.15, -0.1) is 0 Å². The molecule has 1 atom stereocenters. The van der Waals surface area contributed by atoms with Crippen molar-refractivity contribution in [3.63, 3.8) is 0 Å². The number of rotatable bonds is 1. The van der Waals surface area contributed by atoms with Crippen LogP contribution in [0.15, 0.2) is 36.5 Å². The molecule has 0 N–H and O–H groups in total. The number of hydrogen-bond donors (Lipinski definition) is 0. The topological polar surface area (TPSA) is 33.2 Å². The van der Waals surface area contributed by atoms with Crippen LogP contribution in [0.25, 0.3) is 10.9 Å². The molecule has 4 heteroatoms. The Morgan fingerprint density at radius 3 is 3.11 bits per heavy atom. The highest BCUT2D eigenvalue weighted by atomic mass is 79.9. The lowest BCUT2D eigenvalue weighted by molar-refractivity contribution is -0.118. The van der Waals surface area contributed by atoms with Crippen LogP contribution in [0.1, 0.15) is 12.8 Å². The minimum atomic E-state index is -0.0455. The van der Waals surface area contributed by atoms with Gasteiger partial charge in [0.1, 0.15) is 0 Å². The smallest absolute Gasteiger partial charge is 0.240 e. The number of nitrogens with zero attached hydrogens (tertiary/aromatic N) is 2. The van der Waals surface area contributed by atoms with Crippen molar-refractivity contribution in [1.29, 1.82) is 0 Å². The van der Waals surface area contributed by atoms with Crippen molar-refractivity contribution in [2.24, 2.45) is 0 Å². The number of hydrogen-bond acceptors (Lipinski definition) is 2. The van der Waals surface area contributed by atoms with Gasteiger partial charge in [-0.2, -0.15) is 0 Å². The van der Waals surface area contributed by atoms with E-state index in [9.17, 15) is 4.79 Å². The minimum Gasteiger partial charge on any atom is -0.311 e. The largest absolute Gasteiger partial charge is 0.311 e. The Balaban J connectivity index is 2.01. The van der Waals surface area contributed by atoms with Crippen molar-refractivity contribution in [1.82, 2.24) is 4.98 Å². The third-order valence-corrected chi connectivity index (χ3v) is 4.12. The Hall–Kier alpha value is -1.42. The molecule has 1 unspecified atom stereocenters. The van der Waals surface area contributed by atoms with Crippen molar-refractivity contribution < 1.29 is 4.79 Å². The standard InChI is InChI=1S/C14H13BrN2O/c15-12-4-2-8-17(14(12)18)11-5-6-13-10(9-11)3-1-7-16-13/h1,3,5-7,9,12H,2,4,8H2. The van der Waals surface area contributed by atoms with Gasteiger partial charge in [0.05, 0.1) is 10.3 Å². The predicted molar refractivity (Wildman–Crippen MR) is 76.0 cm³/mol. The highest BCUT2D eigenvalue weighted by Crippen LogP contribution is 2.26. The molecule has 2 heterocycles. The van der Waals surface area contributed by atoms with E-state index in [0.29, 0.717) is 0 Å². The van der Waals surface area contributed by atoms with Gasteiger partial charge in [-0.05, 0) is 37.1 Å². The summed E-state index contributed by atoms with van der Waals surface area (Å²) < 4.78 is 0. The lowest BCUT2D eigenvalue weighted by Crippen LogP contribution is -2.41. The van der Waals surface area contributed by atoms with E-state index in [2.05, 4.69) is 20.9 Å². The van der Waals surface area contributed by atoms with Crippen LogP contribution in [-0.2, 0) is 4.79 Å². The van der Waals surface area contributed by atoms with Gasteiger partial charge < -0.3 is 4.90 Å². The van der Waals surface area contributed by atoms with E-state index in [4.69, 9.17) is 0 Å². The summed E-state index contributed by atoms with van der Waals surface area (Å²) in [5.74, 6) is 0.157. The monoisotopic (exact) mass is 304 g/mol. The molecular weight excluding hydrogens is 292 g/mol. The van der Waals surface area contributed by atoms with Gasteiger partial charge in [0.25, 0.3) is 0 Å². The summed E-state index contributed by atoms with van der Waals surface area (Å²) in [4.78, 5) is 18.2. The molecule has 1 saturated heterocycles. The maximum absolute atomic E-state index is 12.1. The van der Waals surface area contributed by atoms with Gasteiger partial charge in [0.2, 0.25) is 5.91 Å². The molecule has 1 aliphatic heterocycles. The van der Waals surface area contributed by atoms with Crippen LogP contribution in [0.4, 0.5) is 5.69 Å². The summed E-state index contributed by atoms with van der Waals surface area (Å²) in [6, 6.07) is 9.91. The zero-order chi connectivity index (χ0) is 12.5. The first-order valence-corrected chi connectivity index (χ1v) is 6.97. The fourth-order valence-electron chi connectivity index (χ4n) is 2.32. The molecule has 0 radical (unpaired) electrons. The maximum Gasteiger partial charge on any atom is 0.240 e. The van der Waals surface area contributed by atoms with E-state index in [1.54, 1.807) is 6.20 Å². The second kappa shape index (κ2) is 4.69. The number of alkyl halides is 1. The minimum absolute atomic E-state index is 0.0455. The molecule has 1 aliphatic rings. The van der Waals surface area contributed by atoms with Crippen LogP contribution in [-0.4, -0.2) is 22.3 Å². The van der Waals surface area contributed by atoms with Gasteiger partial charge >= 0.3 is 0 Å². The van der Waals surface area contributed by atoms with Crippen molar-refractivity contribution in [3.8, 4) is 0 Å². The lowest BCUT2D eigenvalue weighted by Gasteiger charge is -2.29. The molecule has 0 aliphatic carbocycles. The SMILES string of the molecule is O=C1C(Br)CCCN1c1ccc2ncccc2c1. The number of aromatic nitrogens is 1. The molecule has 0 bridgehead atoms. The van der Waals surface area contributed by atoms with Gasteiger partial charge in [-0.25, -0.2) is 0 Å². The van der Waals surface area contributed by atoms with Gasteiger partial charge in [0, 0.05) is 23.8 Å². The van der Waals surface area contributed by atoms with Crippen LogP contribution < -0.4 is 4.90 Å². The number of anilines is 1. The molecule has 0 spiro atoms. The van der Waals surface area contributed by atoms with E-state index < -0.39 is 0 Å². The van der Waals surface area contributed by atoms with Crippen LogP contribution in [0.2, 0.25) is 0 Å². The average Bonchev–Trinajstić information content (AvgIpc) is 2.41. The van der Waals surface area contributed by atoms with Crippen LogP contribution in [0, 0.1) is 0 Å². The molecule has 1 amide bonds. The van der Waals surface area contributed by atoms with E-state index in [1.165, 1.54) is 0 Å².